The monoisotopic (exact) mass is 342 g/mol. The lowest BCUT2D eigenvalue weighted by Crippen LogP contribution is -1.99. The molecule has 0 aliphatic heterocycles. The van der Waals surface area contributed by atoms with Crippen molar-refractivity contribution in [3.05, 3.63) is 39.1 Å². The molecule has 0 fully saturated rings. The van der Waals surface area contributed by atoms with E-state index in [0.29, 0.717) is 6.54 Å². The Hall–Kier alpha value is -0.910. The molecule has 1 aromatic carbocycles. The summed E-state index contributed by atoms with van der Waals surface area (Å²) in [4.78, 5) is 0. The first kappa shape index (κ1) is 14.5. The summed E-state index contributed by atoms with van der Waals surface area (Å²) in [5.74, 6) is 0. The van der Waals surface area contributed by atoms with E-state index in [0.717, 1.165) is 45.7 Å². The Balaban J connectivity index is 2.20. The van der Waals surface area contributed by atoms with E-state index < -0.39 is 0 Å². The highest BCUT2D eigenvalue weighted by atomic mass is 79.9. The normalized spacial score (nSPS) is 10.9. The van der Waals surface area contributed by atoms with Crippen molar-refractivity contribution in [2.45, 2.75) is 26.2 Å². The fraction of sp³-hybridized carbons (Fsp3) is 0.385. The molecule has 2 rings (SSSR count). The van der Waals surface area contributed by atoms with Crippen LogP contribution in [0.5, 0.6) is 0 Å². The third kappa shape index (κ3) is 3.55. The smallest absolute Gasteiger partial charge is 0.0831 e. The predicted octanol–water partition coefficient (Wildman–Crippen LogP) is 3.27. The van der Waals surface area contributed by atoms with E-state index in [-0.39, 0.29) is 0 Å². The lowest BCUT2D eigenvalue weighted by molar-refractivity contribution is 0.727. The molecule has 0 spiro atoms. The van der Waals surface area contributed by atoms with E-state index in [1.54, 1.807) is 4.68 Å². The van der Waals surface area contributed by atoms with E-state index in [2.05, 4.69) is 26.2 Å². The molecular formula is C13H16BrClN4. The molecule has 1 aromatic heterocycles. The minimum absolute atomic E-state index is 0.716. The van der Waals surface area contributed by atoms with E-state index in [1.807, 2.05) is 25.3 Å². The number of halogens is 2. The Kier molecular flexibility index (Phi) is 4.96. The second kappa shape index (κ2) is 6.50. The minimum Gasteiger partial charge on any atom is -0.330 e. The summed E-state index contributed by atoms with van der Waals surface area (Å²) in [7, 11) is 0. The number of nitrogens with zero attached hydrogens (tertiary/aromatic N) is 3. The number of hydrogen-bond acceptors (Lipinski definition) is 3. The summed E-state index contributed by atoms with van der Waals surface area (Å²) in [6.07, 6.45) is 4.87. The van der Waals surface area contributed by atoms with Gasteiger partial charge in [-0.3, -0.25) is 0 Å². The fourth-order valence-corrected chi connectivity index (χ4v) is 2.59. The Bertz CT molecular complexity index is 568. The van der Waals surface area contributed by atoms with Crippen LogP contribution < -0.4 is 5.73 Å². The van der Waals surface area contributed by atoms with E-state index >= 15 is 0 Å². The molecule has 0 amide bonds. The number of aryl methyl sites for hydroxylation is 2. The van der Waals surface area contributed by atoms with Crippen molar-refractivity contribution in [3.8, 4) is 5.69 Å². The third-order valence-electron chi connectivity index (χ3n) is 2.90. The first-order valence-corrected chi connectivity index (χ1v) is 7.36. The topological polar surface area (TPSA) is 56.7 Å². The van der Waals surface area contributed by atoms with Crippen molar-refractivity contribution in [1.82, 2.24) is 15.0 Å². The number of nitrogens with two attached hydrogens (primary N) is 1. The SMILES string of the molecule is Cc1cc(Br)c(-n2cc(CCCCN)nn2)cc1Cl. The van der Waals surface area contributed by atoms with Gasteiger partial charge < -0.3 is 5.73 Å². The molecular weight excluding hydrogens is 328 g/mol. The molecule has 4 nitrogen and oxygen atoms in total. The van der Waals surface area contributed by atoms with Gasteiger partial charge in [0, 0.05) is 9.50 Å². The molecule has 0 saturated heterocycles. The van der Waals surface area contributed by atoms with Crippen LogP contribution in [-0.4, -0.2) is 21.5 Å². The number of benzene rings is 1. The summed E-state index contributed by atoms with van der Waals surface area (Å²) in [5, 5.41) is 9.03. The summed E-state index contributed by atoms with van der Waals surface area (Å²) in [6.45, 7) is 2.68. The molecule has 0 unspecified atom stereocenters. The van der Waals surface area contributed by atoms with Gasteiger partial charge in [0.1, 0.15) is 0 Å². The summed E-state index contributed by atoms with van der Waals surface area (Å²) >= 11 is 9.68. The molecule has 0 atom stereocenters. The summed E-state index contributed by atoms with van der Waals surface area (Å²) in [6, 6.07) is 3.87. The van der Waals surface area contributed by atoms with Gasteiger partial charge in [-0.25, -0.2) is 4.68 Å². The zero-order valence-electron chi connectivity index (χ0n) is 10.7. The molecule has 102 valence electrons. The quantitative estimate of drug-likeness (QED) is 0.848. The Labute approximate surface area is 126 Å². The van der Waals surface area contributed by atoms with Gasteiger partial charge in [-0.15, -0.1) is 5.10 Å². The second-order valence-electron chi connectivity index (χ2n) is 4.45. The highest BCUT2D eigenvalue weighted by Crippen LogP contribution is 2.27. The van der Waals surface area contributed by atoms with Gasteiger partial charge in [-0.2, -0.15) is 0 Å². The third-order valence-corrected chi connectivity index (χ3v) is 3.95. The highest BCUT2D eigenvalue weighted by Gasteiger charge is 2.09. The van der Waals surface area contributed by atoms with Crippen LogP contribution in [0.15, 0.2) is 22.8 Å². The molecule has 19 heavy (non-hydrogen) atoms. The average Bonchev–Trinajstić information content (AvgIpc) is 2.83. The van der Waals surface area contributed by atoms with Gasteiger partial charge in [0.2, 0.25) is 0 Å². The van der Waals surface area contributed by atoms with Crippen LogP contribution in [0.3, 0.4) is 0 Å². The number of hydrogen-bond donors (Lipinski definition) is 1. The Morgan fingerprint density at radius 3 is 2.89 bits per heavy atom. The molecule has 0 bridgehead atoms. The number of aromatic nitrogens is 3. The fourth-order valence-electron chi connectivity index (χ4n) is 1.79. The van der Waals surface area contributed by atoms with E-state index in [1.165, 1.54) is 0 Å². The van der Waals surface area contributed by atoms with Gasteiger partial charge >= 0.3 is 0 Å². The van der Waals surface area contributed by atoms with Crippen LogP contribution in [-0.2, 0) is 6.42 Å². The molecule has 0 saturated carbocycles. The molecule has 0 aliphatic rings. The van der Waals surface area contributed by atoms with E-state index in [9.17, 15) is 0 Å². The molecule has 2 N–H and O–H groups in total. The van der Waals surface area contributed by atoms with Gasteiger partial charge in [-0.1, -0.05) is 16.8 Å². The molecule has 2 aromatic rings. The maximum atomic E-state index is 6.15. The summed E-state index contributed by atoms with van der Waals surface area (Å²) < 4.78 is 2.69. The van der Waals surface area contributed by atoms with Crippen molar-refractivity contribution < 1.29 is 0 Å². The van der Waals surface area contributed by atoms with Crippen LogP contribution in [0.2, 0.25) is 5.02 Å². The standard InChI is InChI=1S/C13H16BrClN4/c1-9-6-11(14)13(7-12(9)15)19-8-10(17-18-19)4-2-3-5-16/h6-8H,2-5,16H2,1H3. The minimum atomic E-state index is 0.716. The zero-order valence-corrected chi connectivity index (χ0v) is 13.1. The van der Waals surface area contributed by atoms with Crippen LogP contribution >= 0.6 is 27.5 Å². The zero-order chi connectivity index (χ0) is 13.8. The lowest BCUT2D eigenvalue weighted by atomic mass is 10.2. The van der Waals surface area contributed by atoms with Crippen LogP contribution in [0.4, 0.5) is 0 Å². The Morgan fingerprint density at radius 1 is 1.37 bits per heavy atom. The van der Waals surface area contributed by atoms with Crippen molar-refractivity contribution in [3.63, 3.8) is 0 Å². The molecule has 0 radical (unpaired) electrons. The van der Waals surface area contributed by atoms with Crippen molar-refractivity contribution >= 4 is 27.5 Å². The van der Waals surface area contributed by atoms with Crippen molar-refractivity contribution in [2.24, 2.45) is 5.73 Å². The molecule has 6 heteroatoms. The molecule has 0 aliphatic carbocycles. The van der Waals surface area contributed by atoms with E-state index in [4.69, 9.17) is 17.3 Å². The number of unbranched alkanes of at least 4 members (excludes halogenated alkanes) is 1. The number of rotatable bonds is 5. The van der Waals surface area contributed by atoms with Crippen LogP contribution in [0, 0.1) is 6.92 Å². The van der Waals surface area contributed by atoms with Gasteiger partial charge in [0.05, 0.1) is 17.6 Å². The van der Waals surface area contributed by atoms with Gasteiger partial charge in [0.15, 0.2) is 0 Å². The highest BCUT2D eigenvalue weighted by molar-refractivity contribution is 9.10. The van der Waals surface area contributed by atoms with Crippen molar-refractivity contribution in [1.29, 1.82) is 0 Å². The maximum Gasteiger partial charge on any atom is 0.0831 e. The van der Waals surface area contributed by atoms with Crippen molar-refractivity contribution in [2.75, 3.05) is 6.54 Å². The largest absolute Gasteiger partial charge is 0.330 e. The van der Waals surface area contributed by atoms with Crippen LogP contribution in [0.1, 0.15) is 24.1 Å². The Morgan fingerprint density at radius 2 is 2.16 bits per heavy atom. The summed E-state index contributed by atoms with van der Waals surface area (Å²) in [5.41, 5.74) is 8.37. The second-order valence-corrected chi connectivity index (χ2v) is 5.71. The van der Waals surface area contributed by atoms with Gasteiger partial charge in [0.25, 0.3) is 0 Å². The molecule has 1 heterocycles. The lowest BCUT2D eigenvalue weighted by Gasteiger charge is -2.06. The van der Waals surface area contributed by atoms with Gasteiger partial charge in [-0.05, 0) is 66.4 Å². The average molecular weight is 344 g/mol. The predicted molar refractivity (Wildman–Crippen MR) is 80.8 cm³/mol. The first-order chi connectivity index (χ1) is 9.11. The first-order valence-electron chi connectivity index (χ1n) is 6.19. The maximum absolute atomic E-state index is 6.15. The van der Waals surface area contributed by atoms with Crippen LogP contribution in [0.25, 0.3) is 5.69 Å².